The number of aryl methyl sites for hydroxylation is 1. The van der Waals surface area contributed by atoms with Crippen molar-refractivity contribution >= 4 is 34.2 Å². The minimum atomic E-state index is -0.550. The lowest BCUT2D eigenvalue weighted by Gasteiger charge is -2.18. The van der Waals surface area contributed by atoms with Crippen LogP contribution >= 0.6 is 11.6 Å². The molecule has 0 aliphatic heterocycles. The first-order valence-corrected chi connectivity index (χ1v) is 11.1. The number of allylic oxidation sites excluding steroid dienone is 2. The van der Waals surface area contributed by atoms with Crippen LogP contribution < -0.4 is 4.74 Å². The van der Waals surface area contributed by atoms with Crippen LogP contribution in [0.3, 0.4) is 0 Å². The van der Waals surface area contributed by atoms with Gasteiger partial charge in [0.1, 0.15) is 24.0 Å². The zero-order valence-electron chi connectivity index (χ0n) is 19.8. The second kappa shape index (κ2) is 10.6. The number of fused-ring (bicyclic) bond motifs is 1. The molecule has 0 spiro atoms. The van der Waals surface area contributed by atoms with Gasteiger partial charge >= 0.3 is 5.97 Å². The monoisotopic (exact) mass is 465 g/mol. The molecule has 0 amide bonds. The smallest absolute Gasteiger partial charge is 0.303 e. The second-order valence-electron chi connectivity index (χ2n) is 7.70. The van der Waals surface area contributed by atoms with Crippen molar-refractivity contribution in [3.05, 3.63) is 75.7 Å². The molecule has 0 saturated heterocycles. The molecule has 3 aromatic rings. The highest BCUT2D eigenvalue weighted by Gasteiger charge is 2.19. The highest BCUT2D eigenvalue weighted by Crippen LogP contribution is 2.31. The molecule has 172 valence electrons. The van der Waals surface area contributed by atoms with Crippen LogP contribution in [0.1, 0.15) is 56.3 Å². The fourth-order valence-corrected chi connectivity index (χ4v) is 3.95. The van der Waals surface area contributed by atoms with Gasteiger partial charge in [-0.3, -0.25) is 14.8 Å². The SMILES string of the molecule is CC=C(C)C(=NC)c1cc(C)nc2c(OCc3c(Cl)ccnc3C(C)OC(C)=O)cccc12. The molecule has 0 bridgehead atoms. The van der Waals surface area contributed by atoms with E-state index in [4.69, 9.17) is 26.1 Å². The van der Waals surface area contributed by atoms with Crippen LogP contribution in [-0.4, -0.2) is 28.7 Å². The van der Waals surface area contributed by atoms with Crippen molar-refractivity contribution < 1.29 is 14.3 Å². The number of ether oxygens (including phenoxy) is 2. The first-order chi connectivity index (χ1) is 15.8. The predicted molar refractivity (Wildman–Crippen MR) is 132 cm³/mol. The Bertz CT molecular complexity index is 1250. The Morgan fingerprint density at radius 2 is 2.03 bits per heavy atom. The van der Waals surface area contributed by atoms with Crippen LogP contribution in [0.2, 0.25) is 5.02 Å². The number of halogens is 1. The molecule has 6 nitrogen and oxygen atoms in total. The van der Waals surface area contributed by atoms with E-state index in [-0.39, 0.29) is 12.6 Å². The van der Waals surface area contributed by atoms with Crippen molar-refractivity contribution in [2.45, 2.75) is 47.3 Å². The van der Waals surface area contributed by atoms with Gasteiger partial charge in [-0.05, 0) is 51.5 Å². The summed E-state index contributed by atoms with van der Waals surface area (Å²) in [5.74, 6) is 0.235. The van der Waals surface area contributed by atoms with E-state index < -0.39 is 6.10 Å². The van der Waals surface area contributed by atoms with E-state index in [9.17, 15) is 4.79 Å². The molecular weight excluding hydrogens is 438 g/mol. The van der Waals surface area contributed by atoms with Crippen LogP contribution in [0, 0.1) is 6.92 Å². The van der Waals surface area contributed by atoms with Crippen molar-refractivity contribution in [3.8, 4) is 5.75 Å². The molecule has 0 saturated carbocycles. The molecule has 1 atom stereocenters. The van der Waals surface area contributed by atoms with Crippen molar-refractivity contribution in [2.24, 2.45) is 4.99 Å². The number of rotatable bonds is 7. The number of hydrogen-bond acceptors (Lipinski definition) is 6. The normalized spacial score (nSPS) is 13.2. The third-order valence-electron chi connectivity index (χ3n) is 5.35. The number of para-hydroxylation sites is 1. The predicted octanol–water partition coefficient (Wildman–Crippen LogP) is 6.18. The van der Waals surface area contributed by atoms with Crippen LogP contribution in [0.5, 0.6) is 5.75 Å². The van der Waals surface area contributed by atoms with Crippen molar-refractivity contribution in [1.82, 2.24) is 9.97 Å². The summed E-state index contributed by atoms with van der Waals surface area (Å²) in [6.07, 6.45) is 3.08. The standard InChI is InChI=1S/C26H28ClN3O3/c1-7-15(2)24(28-6)20-13-16(3)30-26-19(20)9-8-10-23(26)32-14-21-22(27)11-12-29-25(21)17(4)33-18(5)31/h7-13,17H,14H2,1-6H3. The van der Waals surface area contributed by atoms with Gasteiger partial charge in [-0.1, -0.05) is 29.8 Å². The van der Waals surface area contributed by atoms with Gasteiger partial charge in [-0.15, -0.1) is 0 Å². The van der Waals surface area contributed by atoms with Gasteiger partial charge in [0.25, 0.3) is 0 Å². The summed E-state index contributed by atoms with van der Waals surface area (Å²) < 4.78 is 11.5. The third kappa shape index (κ3) is 5.40. The molecule has 33 heavy (non-hydrogen) atoms. The molecule has 0 radical (unpaired) electrons. The molecule has 1 aromatic carbocycles. The maximum atomic E-state index is 11.4. The van der Waals surface area contributed by atoms with Crippen LogP contribution in [0.4, 0.5) is 0 Å². The van der Waals surface area contributed by atoms with Crippen molar-refractivity contribution in [3.63, 3.8) is 0 Å². The van der Waals surface area contributed by atoms with E-state index in [2.05, 4.69) is 9.98 Å². The van der Waals surface area contributed by atoms with Gasteiger partial charge in [-0.2, -0.15) is 0 Å². The van der Waals surface area contributed by atoms with E-state index in [1.807, 2.05) is 51.1 Å². The molecule has 2 aromatic heterocycles. The molecule has 2 heterocycles. The van der Waals surface area contributed by atoms with Gasteiger partial charge < -0.3 is 9.47 Å². The van der Waals surface area contributed by atoms with Crippen molar-refractivity contribution in [1.29, 1.82) is 0 Å². The highest BCUT2D eigenvalue weighted by atomic mass is 35.5. The quantitative estimate of drug-likeness (QED) is 0.307. The molecule has 0 aliphatic rings. The lowest BCUT2D eigenvalue weighted by Crippen LogP contribution is -2.11. The maximum Gasteiger partial charge on any atom is 0.303 e. The Morgan fingerprint density at radius 3 is 2.70 bits per heavy atom. The summed E-state index contributed by atoms with van der Waals surface area (Å²) >= 11 is 6.46. The molecule has 0 fully saturated rings. The summed E-state index contributed by atoms with van der Waals surface area (Å²) in [5.41, 5.74) is 5.84. The summed E-state index contributed by atoms with van der Waals surface area (Å²) in [6, 6.07) is 9.56. The molecule has 1 unspecified atom stereocenters. The Kier molecular flexibility index (Phi) is 7.82. The van der Waals surface area contributed by atoms with Gasteiger partial charge in [0, 0.05) is 42.4 Å². The van der Waals surface area contributed by atoms with E-state index in [0.717, 1.165) is 33.4 Å². The Morgan fingerprint density at radius 1 is 1.27 bits per heavy atom. The fraction of sp³-hybridized carbons (Fsp3) is 0.308. The zero-order valence-corrected chi connectivity index (χ0v) is 20.5. The molecule has 7 heteroatoms. The number of nitrogens with zero attached hydrogens (tertiary/aromatic N) is 3. The number of esters is 1. The van der Waals surface area contributed by atoms with Gasteiger partial charge in [0.2, 0.25) is 0 Å². The zero-order chi connectivity index (χ0) is 24.1. The fourth-order valence-electron chi connectivity index (χ4n) is 3.74. The second-order valence-corrected chi connectivity index (χ2v) is 8.11. The van der Waals surface area contributed by atoms with Gasteiger partial charge in [0.15, 0.2) is 0 Å². The highest BCUT2D eigenvalue weighted by molar-refractivity contribution is 6.31. The average Bonchev–Trinajstić information content (AvgIpc) is 2.78. The number of carbonyl (C=O) groups excluding carboxylic acids is 1. The van der Waals surface area contributed by atoms with Crippen LogP contribution in [-0.2, 0) is 16.1 Å². The lowest BCUT2D eigenvalue weighted by molar-refractivity contribution is -0.146. The molecule has 3 rings (SSSR count). The molecule has 0 aliphatic carbocycles. The van der Waals surface area contributed by atoms with Gasteiger partial charge in [-0.25, -0.2) is 4.98 Å². The summed E-state index contributed by atoms with van der Waals surface area (Å²) in [6.45, 7) is 9.27. The summed E-state index contributed by atoms with van der Waals surface area (Å²) in [4.78, 5) is 25.1. The van der Waals surface area contributed by atoms with E-state index in [0.29, 0.717) is 22.0 Å². The lowest BCUT2D eigenvalue weighted by atomic mass is 9.98. The molecule has 0 N–H and O–H groups in total. The van der Waals surface area contributed by atoms with Gasteiger partial charge in [0.05, 0.1) is 16.4 Å². The maximum absolute atomic E-state index is 11.4. The number of aliphatic imine (C=N–C) groups is 1. The van der Waals surface area contributed by atoms with E-state index >= 15 is 0 Å². The van der Waals surface area contributed by atoms with E-state index in [1.54, 1.807) is 26.2 Å². The topological polar surface area (TPSA) is 73.7 Å². The number of hydrogen-bond donors (Lipinski definition) is 0. The number of benzene rings is 1. The number of carbonyl (C=O) groups is 1. The summed E-state index contributed by atoms with van der Waals surface area (Å²) in [7, 11) is 1.79. The molecular formula is C26H28ClN3O3. The summed E-state index contributed by atoms with van der Waals surface area (Å²) in [5, 5.41) is 1.44. The van der Waals surface area contributed by atoms with Crippen molar-refractivity contribution in [2.75, 3.05) is 7.05 Å². The van der Waals surface area contributed by atoms with Crippen LogP contribution in [0.15, 0.2) is 53.2 Å². The average molecular weight is 466 g/mol. The minimum absolute atomic E-state index is 0.153. The minimum Gasteiger partial charge on any atom is -0.486 e. The number of aromatic nitrogens is 2. The third-order valence-corrected chi connectivity index (χ3v) is 5.70. The Labute approximate surface area is 199 Å². The Hall–Kier alpha value is -3.25. The van der Waals surface area contributed by atoms with Crippen LogP contribution in [0.25, 0.3) is 10.9 Å². The van der Waals surface area contributed by atoms with E-state index in [1.165, 1.54) is 6.92 Å². The largest absolute Gasteiger partial charge is 0.486 e. The first-order valence-electron chi connectivity index (χ1n) is 10.7. The number of pyridine rings is 2. The Balaban J connectivity index is 2.04. The first kappa shape index (κ1) is 24.4.